The van der Waals surface area contributed by atoms with Crippen molar-refractivity contribution in [2.24, 2.45) is 11.8 Å². The van der Waals surface area contributed by atoms with Crippen LogP contribution in [0.2, 0.25) is 0 Å². The molecule has 0 aliphatic carbocycles. The lowest BCUT2D eigenvalue weighted by molar-refractivity contribution is -0.150. The normalized spacial score (nSPS) is 27.4. The zero-order valence-corrected chi connectivity index (χ0v) is 15.1. The molecule has 0 saturated carbocycles. The summed E-state index contributed by atoms with van der Waals surface area (Å²) in [6.45, 7) is 9.74. The fraction of sp³-hybridized carbons (Fsp3) is 0.882. The third kappa shape index (κ3) is 4.67. The summed E-state index contributed by atoms with van der Waals surface area (Å²) in [5.74, 6) is 1.37. The Balaban J connectivity index is 1.74. The predicted octanol–water partition coefficient (Wildman–Crippen LogP) is 0.668. The molecule has 6 nitrogen and oxygen atoms in total. The molecule has 6 heteroatoms. The second-order valence-electron chi connectivity index (χ2n) is 7.54. The molecule has 0 aromatic carbocycles. The fourth-order valence-corrected chi connectivity index (χ4v) is 3.47. The summed E-state index contributed by atoms with van der Waals surface area (Å²) in [5, 5.41) is 0. The molecule has 0 N–H and O–H groups in total. The van der Waals surface area contributed by atoms with Gasteiger partial charge in [0.2, 0.25) is 11.8 Å². The van der Waals surface area contributed by atoms with Gasteiger partial charge in [0.15, 0.2) is 0 Å². The van der Waals surface area contributed by atoms with Gasteiger partial charge in [-0.1, -0.05) is 13.8 Å². The number of hydrogen-bond acceptors (Lipinski definition) is 4. The quantitative estimate of drug-likeness (QED) is 0.745. The van der Waals surface area contributed by atoms with Crippen molar-refractivity contribution < 1.29 is 14.3 Å². The second kappa shape index (κ2) is 7.62. The first-order valence-corrected chi connectivity index (χ1v) is 8.62. The molecule has 2 rings (SSSR count). The van der Waals surface area contributed by atoms with Crippen molar-refractivity contribution in [2.45, 2.75) is 39.3 Å². The maximum atomic E-state index is 12.7. The zero-order chi connectivity index (χ0) is 17.1. The van der Waals surface area contributed by atoms with Gasteiger partial charge >= 0.3 is 0 Å². The van der Waals surface area contributed by atoms with Crippen molar-refractivity contribution in [3.8, 4) is 0 Å². The van der Waals surface area contributed by atoms with Crippen LogP contribution in [0.1, 0.15) is 27.2 Å². The SMILES string of the molecule is CC1CC(C)CN(C(=O)C(C)N2CC(OCC(=O)N(C)C)C2)C1. The van der Waals surface area contributed by atoms with Crippen molar-refractivity contribution in [1.82, 2.24) is 14.7 Å². The maximum absolute atomic E-state index is 12.7. The molecule has 2 aliphatic rings. The first-order chi connectivity index (χ1) is 10.8. The highest BCUT2D eigenvalue weighted by Crippen LogP contribution is 2.23. The van der Waals surface area contributed by atoms with Crippen LogP contribution in [0.5, 0.6) is 0 Å². The molecule has 23 heavy (non-hydrogen) atoms. The number of carbonyl (C=O) groups is 2. The number of nitrogens with zero attached hydrogens (tertiary/aromatic N) is 3. The molecule has 0 aromatic rings. The van der Waals surface area contributed by atoms with E-state index in [0.717, 1.165) is 26.2 Å². The molecule has 2 heterocycles. The van der Waals surface area contributed by atoms with Crippen LogP contribution in [-0.4, -0.2) is 85.5 Å². The highest BCUT2D eigenvalue weighted by molar-refractivity contribution is 5.81. The molecule has 132 valence electrons. The van der Waals surface area contributed by atoms with Crippen molar-refractivity contribution in [3.05, 3.63) is 0 Å². The molecule has 2 aliphatic heterocycles. The summed E-state index contributed by atoms with van der Waals surface area (Å²) < 4.78 is 5.58. The second-order valence-corrected chi connectivity index (χ2v) is 7.54. The van der Waals surface area contributed by atoms with E-state index in [2.05, 4.69) is 18.7 Å². The number of hydrogen-bond donors (Lipinski definition) is 0. The molecule has 2 saturated heterocycles. The van der Waals surface area contributed by atoms with Crippen LogP contribution in [-0.2, 0) is 14.3 Å². The summed E-state index contributed by atoms with van der Waals surface area (Å²) in [5.41, 5.74) is 0. The van der Waals surface area contributed by atoms with Crippen molar-refractivity contribution in [1.29, 1.82) is 0 Å². The van der Waals surface area contributed by atoms with Gasteiger partial charge in [0.05, 0.1) is 12.1 Å². The molecule has 2 fully saturated rings. The number of carbonyl (C=O) groups excluding carboxylic acids is 2. The van der Waals surface area contributed by atoms with Gasteiger partial charge < -0.3 is 14.5 Å². The lowest BCUT2D eigenvalue weighted by atomic mass is 9.91. The Morgan fingerprint density at radius 2 is 1.70 bits per heavy atom. The summed E-state index contributed by atoms with van der Waals surface area (Å²) in [6.07, 6.45) is 1.27. The minimum absolute atomic E-state index is 0.0242. The van der Waals surface area contributed by atoms with Gasteiger partial charge in [-0.25, -0.2) is 0 Å². The van der Waals surface area contributed by atoms with Crippen molar-refractivity contribution in [3.63, 3.8) is 0 Å². The van der Waals surface area contributed by atoms with Crippen LogP contribution in [0, 0.1) is 11.8 Å². The van der Waals surface area contributed by atoms with Gasteiger partial charge in [0, 0.05) is 40.3 Å². The number of rotatable bonds is 5. The largest absolute Gasteiger partial charge is 0.366 e. The van der Waals surface area contributed by atoms with E-state index in [1.54, 1.807) is 14.1 Å². The van der Waals surface area contributed by atoms with Gasteiger partial charge in [-0.2, -0.15) is 0 Å². The third-order valence-electron chi connectivity index (χ3n) is 4.90. The first kappa shape index (κ1) is 18.2. The molecular formula is C17H31N3O3. The number of likely N-dealkylation sites (N-methyl/N-ethyl adjacent to an activating group) is 1. The van der Waals surface area contributed by atoms with Crippen LogP contribution < -0.4 is 0 Å². The Morgan fingerprint density at radius 1 is 1.13 bits per heavy atom. The van der Waals surface area contributed by atoms with Crippen LogP contribution in [0.3, 0.4) is 0 Å². The summed E-state index contributed by atoms with van der Waals surface area (Å²) >= 11 is 0. The smallest absolute Gasteiger partial charge is 0.248 e. The zero-order valence-electron chi connectivity index (χ0n) is 15.1. The van der Waals surface area contributed by atoms with E-state index in [1.165, 1.54) is 11.3 Å². The third-order valence-corrected chi connectivity index (χ3v) is 4.90. The number of piperidine rings is 1. The molecular weight excluding hydrogens is 294 g/mol. The molecule has 0 radical (unpaired) electrons. The molecule has 0 spiro atoms. The topological polar surface area (TPSA) is 53.1 Å². The standard InChI is InChI=1S/C17H31N3O3/c1-12-6-13(2)8-20(7-12)17(22)14(3)19-9-15(10-19)23-11-16(21)18(4)5/h12-15H,6-11H2,1-5H3. The summed E-state index contributed by atoms with van der Waals surface area (Å²) in [4.78, 5) is 29.9. The average molecular weight is 325 g/mol. The van der Waals surface area contributed by atoms with Crippen molar-refractivity contribution >= 4 is 11.8 Å². The highest BCUT2D eigenvalue weighted by Gasteiger charge is 2.37. The van der Waals surface area contributed by atoms with E-state index < -0.39 is 0 Å². The minimum atomic E-state index is -0.100. The predicted molar refractivity (Wildman–Crippen MR) is 89.0 cm³/mol. The molecule has 0 bridgehead atoms. The molecule has 2 amide bonds. The lowest BCUT2D eigenvalue weighted by Crippen LogP contribution is -2.61. The Hall–Kier alpha value is -1.14. The van der Waals surface area contributed by atoms with Crippen molar-refractivity contribution in [2.75, 3.05) is 46.9 Å². The van der Waals surface area contributed by atoms with Gasteiger partial charge in [0.25, 0.3) is 0 Å². The minimum Gasteiger partial charge on any atom is -0.366 e. The molecule has 3 unspecified atom stereocenters. The molecule has 3 atom stereocenters. The van der Waals surface area contributed by atoms with Gasteiger partial charge in [-0.3, -0.25) is 14.5 Å². The van der Waals surface area contributed by atoms with E-state index in [4.69, 9.17) is 4.74 Å². The van der Waals surface area contributed by atoms with Gasteiger partial charge in [0.1, 0.15) is 6.61 Å². The maximum Gasteiger partial charge on any atom is 0.248 e. The van der Waals surface area contributed by atoms with Crippen LogP contribution in [0.4, 0.5) is 0 Å². The Labute approximate surface area is 139 Å². The number of likely N-dealkylation sites (tertiary alicyclic amines) is 2. The Kier molecular flexibility index (Phi) is 6.03. The average Bonchev–Trinajstić information content (AvgIpc) is 2.42. The van der Waals surface area contributed by atoms with E-state index >= 15 is 0 Å². The summed E-state index contributed by atoms with van der Waals surface area (Å²) in [7, 11) is 3.44. The highest BCUT2D eigenvalue weighted by atomic mass is 16.5. The number of amides is 2. The molecule has 0 aromatic heterocycles. The number of ether oxygens (including phenoxy) is 1. The monoisotopic (exact) mass is 325 g/mol. The van der Waals surface area contributed by atoms with E-state index in [1.807, 2.05) is 11.8 Å². The van der Waals surface area contributed by atoms with Gasteiger partial charge in [-0.15, -0.1) is 0 Å². The first-order valence-electron chi connectivity index (χ1n) is 8.62. The Morgan fingerprint density at radius 3 is 2.22 bits per heavy atom. The van der Waals surface area contributed by atoms with Crippen LogP contribution in [0.15, 0.2) is 0 Å². The fourth-order valence-electron chi connectivity index (χ4n) is 3.47. The lowest BCUT2D eigenvalue weighted by Gasteiger charge is -2.44. The van der Waals surface area contributed by atoms with Crippen LogP contribution >= 0.6 is 0 Å². The van der Waals surface area contributed by atoms with E-state index in [-0.39, 0.29) is 30.6 Å². The van der Waals surface area contributed by atoms with Gasteiger partial charge in [-0.05, 0) is 25.2 Å². The van der Waals surface area contributed by atoms with E-state index in [9.17, 15) is 9.59 Å². The summed E-state index contributed by atoms with van der Waals surface area (Å²) in [6, 6.07) is -0.100. The Bertz CT molecular complexity index is 425. The van der Waals surface area contributed by atoms with E-state index in [0.29, 0.717) is 11.8 Å². The van der Waals surface area contributed by atoms with Crippen LogP contribution in [0.25, 0.3) is 0 Å².